The van der Waals surface area contributed by atoms with Crippen LogP contribution in [0.2, 0.25) is 0 Å². The van der Waals surface area contributed by atoms with Crippen molar-refractivity contribution in [2.24, 2.45) is 11.8 Å². The minimum Gasteiger partial charge on any atom is -0.317 e. The molecule has 1 heteroatoms. The van der Waals surface area contributed by atoms with Gasteiger partial charge in [-0.25, -0.2) is 0 Å². The Balaban J connectivity index is 2.64. The molecule has 0 amide bonds. The van der Waals surface area contributed by atoms with E-state index in [1.54, 1.807) is 0 Å². The number of nitrogens with one attached hydrogen (secondary N) is 1. The van der Waals surface area contributed by atoms with Crippen LogP contribution in [-0.2, 0) is 6.42 Å². The van der Waals surface area contributed by atoms with Gasteiger partial charge in [-0.15, -0.1) is 0 Å². The molecule has 0 spiro atoms. The monoisotopic (exact) mass is 247 g/mol. The first-order valence-electron chi connectivity index (χ1n) is 7.43. The van der Waals surface area contributed by atoms with Crippen molar-refractivity contribution in [3.8, 4) is 0 Å². The van der Waals surface area contributed by atoms with Gasteiger partial charge < -0.3 is 5.32 Å². The number of hydrogen-bond donors (Lipinski definition) is 1. The van der Waals surface area contributed by atoms with Gasteiger partial charge in [0, 0.05) is 0 Å². The van der Waals surface area contributed by atoms with Crippen LogP contribution < -0.4 is 5.32 Å². The highest BCUT2D eigenvalue weighted by Crippen LogP contribution is 2.21. The summed E-state index contributed by atoms with van der Waals surface area (Å²) in [6.45, 7) is 11.3. The van der Waals surface area contributed by atoms with Crippen LogP contribution in [0, 0.1) is 18.8 Å². The predicted octanol–water partition coefficient (Wildman–Crippen LogP) is 4.20. The molecule has 0 saturated heterocycles. The molecule has 0 aliphatic carbocycles. The third-order valence-electron chi connectivity index (χ3n) is 3.79. The van der Waals surface area contributed by atoms with E-state index in [0.29, 0.717) is 0 Å². The standard InChI is InChI=1S/C17H29N/c1-5-8-15(4)17(13-18-6-2)12-16-10-7-9-14(3)11-16/h7,9-11,15,17-18H,5-6,8,12-13H2,1-4H3. The molecule has 0 heterocycles. The molecule has 0 bridgehead atoms. The highest BCUT2D eigenvalue weighted by Gasteiger charge is 2.16. The van der Waals surface area contributed by atoms with Crippen LogP contribution >= 0.6 is 0 Å². The summed E-state index contributed by atoms with van der Waals surface area (Å²) in [5.74, 6) is 1.56. The molecule has 0 aliphatic heterocycles. The second-order valence-corrected chi connectivity index (χ2v) is 5.53. The maximum absolute atomic E-state index is 3.52. The molecule has 0 saturated carbocycles. The Hall–Kier alpha value is -0.820. The molecule has 0 aliphatic rings. The Morgan fingerprint density at radius 3 is 2.61 bits per heavy atom. The van der Waals surface area contributed by atoms with Crippen molar-refractivity contribution in [1.82, 2.24) is 5.32 Å². The van der Waals surface area contributed by atoms with E-state index in [1.807, 2.05) is 0 Å². The summed E-state index contributed by atoms with van der Waals surface area (Å²) in [5, 5.41) is 3.52. The maximum Gasteiger partial charge on any atom is -0.00149 e. The molecule has 0 radical (unpaired) electrons. The van der Waals surface area contributed by atoms with Gasteiger partial charge in [-0.2, -0.15) is 0 Å². The lowest BCUT2D eigenvalue weighted by Gasteiger charge is -2.24. The van der Waals surface area contributed by atoms with Crippen molar-refractivity contribution in [3.05, 3.63) is 35.4 Å². The molecular formula is C17H29N. The molecule has 18 heavy (non-hydrogen) atoms. The van der Waals surface area contributed by atoms with Crippen molar-refractivity contribution < 1.29 is 0 Å². The van der Waals surface area contributed by atoms with E-state index in [1.165, 1.54) is 30.4 Å². The van der Waals surface area contributed by atoms with Crippen LogP contribution in [0.5, 0.6) is 0 Å². The topological polar surface area (TPSA) is 12.0 Å². The van der Waals surface area contributed by atoms with Gasteiger partial charge in [0.15, 0.2) is 0 Å². The Kier molecular flexibility index (Phi) is 7.04. The highest BCUT2D eigenvalue weighted by atomic mass is 14.8. The van der Waals surface area contributed by atoms with Crippen molar-refractivity contribution in [1.29, 1.82) is 0 Å². The van der Waals surface area contributed by atoms with Crippen LogP contribution in [-0.4, -0.2) is 13.1 Å². The molecule has 1 aromatic rings. The molecule has 2 atom stereocenters. The lowest BCUT2D eigenvalue weighted by atomic mass is 9.85. The van der Waals surface area contributed by atoms with E-state index in [9.17, 15) is 0 Å². The van der Waals surface area contributed by atoms with Crippen molar-refractivity contribution >= 4 is 0 Å². The number of rotatable bonds is 8. The fourth-order valence-corrected chi connectivity index (χ4v) is 2.64. The van der Waals surface area contributed by atoms with E-state index in [2.05, 4.69) is 57.3 Å². The van der Waals surface area contributed by atoms with Crippen LogP contribution in [0.15, 0.2) is 24.3 Å². The molecule has 0 fully saturated rings. The summed E-state index contributed by atoms with van der Waals surface area (Å²) in [6.07, 6.45) is 3.83. The summed E-state index contributed by atoms with van der Waals surface area (Å²) in [6, 6.07) is 8.96. The predicted molar refractivity (Wildman–Crippen MR) is 81.0 cm³/mol. The summed E-state index contributed by atoms with van der Waals surface area (Å²) in [4.78, 5) is 0. The van der Waals surface area contributed by atoms with E-state index in [4.69, 9.17) is 0 Å². The second kappa shape index (κ2) is 8.31. The highest BCUT2D eigenvalue weighted by molar-refractivity contribution is 5.22. The Labute approximate surface area is 113 Å². The lowest BCUT2D eigenvalue weighted by molar-refractivity contribution is 0.320. The van der Waals surface area contributed by atoms with Crippen LogP contribution in [0.3, 0.4) is 0 Å². The Morgan fingerprint density at radius 2 is 2.00 bits per heavy atom. The molecule has 1 rings (SSSR count). The average Bonchev–Trinajstić information content (AvgIpc) is 2.34. The largest absolute Gasteiger partial charge is 0.317 e. The molecule has 2 unspecified atom stereocenters. The minimum atomic E-state index is 0.756. The minimum absolute atomic E-state index is 0.756. The van der Waals surface area contributed by atoms with Crippen LogP contribution in [0.4, 0.5) is 0 Å². The molecular weight excluding hydrogens is 218 g/mol. The van der Waals surface area contributed by atoms with E-state index < -0.39 is 0 Å². The van der Waals surface area contributed by atoms with E-state index in [-0.39, 0.29) is 0 Å². The number of hydrogen-bond acceptors (Lipinski definition) is 1. The van der Waals surface area contributed by atoms with Crippen molar-refractivity contribution in [3.63, 3.8) is 0 Å². The molecule has 1 nitrogen and oxygen atoms in total. The van der Waals surface area contributed by atoms with Crippen molar-refractivity contribution in [2.75, 3.05) is 13.1 Å². The first-order chi connectivity index (χ1) is 8.67. The Bertz CT molecular complexity index is 332. The second-order valence-electron chi connectivity index (χ2n) is 5.53. The summed E-state index contributed by atoms with van der Waals surface area (Å²) < 4.78 is 0. The summed E-state index contributed by atoms with van der Waals surface area (Å²) in [5.41, 5.74) is 2.86. The molecule has 1 N–H and O–H groups in total. The Morgan fingerprint density at radius 1 is 1.22 bits per heavy atom. The fraction of sp³-hybridized carbons (Fsp3) is 0.647. The van der Waals surface area contributed by atoms with Crippen molar-refractivity contribution in [2.45, 2.75) is 47.0 Å². The SMILES string of the molecule is CCCC(C)C(CNCC)Cc1cccc(C)c1. The van der Waals surface area contributed by atoms with Gasteiger partial charge in [0.05, 0.1) is 0 Å². The van der Waals surface area contributed by atoms with Crippen LogP contribution in [0.25, 0.3) is 0 Å². The number of benzene rings is 1. The summed E-state index contributed by atoms with van der Waals surface area (Å²) in [7, 11) is 0. The van der Waals surface area contributed by atoms with Gasteiger partial charge in [-0.3, -0.25) is 0 Å². The van der Waals surface area contributed by atoms with E-state index >= 15 is 0 Å². The first-order valence-corrected chi connectivity index (χ1v) is 7.43. The zero-order chi connectivity index (χ0) is 13.4. The normalized spacial score (nSPS) is 14.4. The van der Waals surface area contributed by atoms with Gasteiger partial charge in [-0.1, -0.05) is 63.4 Å². The fourth-order valence-electron chi connectivity index (χ4n) is 2.64. The van der Waals surface area contributed by atoms with Gasteiger partial charge in [-0.05, 0) is 43.8 Å². The van der Waals surface area contributed by atoms with Gasteiger partial charge in [0.25, 0.3) is 0 Å². The molecule has 0 aromatic heterocycles. The zero-order valence-electron chi connectivity index (χ0n) is 12.5. The van der Waals surface area contributed by atoms with Crippen LogP contribution in [0.1, 0.15) is 44.7 Å². The number of aryl methyl sites for hydroxylation is 1. The summed E-state index contributed by atoms with van der Waals surface area (Å²) >= 11 is 0. The first kappa shape index (κ1) is 15.2. The zero-order valence-corrected chi connectivity index (χ0v) is 12.5. The van der Waals surface area contributed by atoms with Gasteiger partial charge >= 0.3 is 0 Å². The van der Waals surface area contributed by atoms with E-state index in [0.717, 1.165) is 24.9 Å². The third-order valence-corrected chi connectivity index (χ3v) is 3.79. The lowest BCUT2D eigenvalue weighted by Crippen LogP contribution is -2.28. The third kappa shape index (κ3) is 5.22. The quantitative estimate of drug-likeness (QED) is 0.726. The average molecular weight is 247 g/mol. The molecule has 1 aromatic carbocycles. The van der Waals surface area contributed by atoms with Gasteiger partial charge in [0.2, 0.25) is 0 Å². The van der Waals surface area contributed by atoms with Gasteiger partial charge in [0.1, 0.15) is 0 Å². The smallest absolute Gasteiger partial charge is 0.00149 e. The molecule has 102 valence electrons. The maximum atomic E-state index is 3.52.